The van der Waals surface area contributed by atoms with E-state index in [9.17, 15) is 14.0 Å². The van der Waals surface area contributed by atoms with Gasteiger partial charge >= 0.3 is 5.76 Å². The average Bonchev–Trinajstić information content (AvgIpc) is 2.77. The van der Waals surface area contributed by atoms with E-state index < -0.39 is 17.5 Å². The van der Waals surface area contributed by atoms with Crippen molar-refractivity contribution < 1.29 is 13.6 Å². The van der Waals surface area contributed by atoms with Crippen LogP contribution in [0.15, 0.2) is 45.6 Å². The fourth-order valence-corrected chi connectivity index (χ4v) is 1.94. The van der Waals surface area contributed by atoms with Crippen molar-refractivity contribution in [3.05, 3.63) is 58.3 Å². The molecule has 1 amide bonds. The van der Waals surface area contributed by atoms with E-state index in [-0.39, 0.29) is 11.3 Å². The van der Waals surface area contributed by atoms with Gasteiger partial charge in [-0.15, -0.1) is 0 Å². The highest BCUT2D eigenvalue weighted by molar-refractivity contribution is 6.05. The van der Waals surface area contributed by atoms with Crippen molar-refractivity contribution in [3.63, 3.8) is 0 Å². The van der Waals surface area contributed by atoms with Crippen LogP contribution in [0.5, 0.6) is 0 Å². The van der Waals surface area contributed by atoms with Crippen LogP contribution in [-0.4, -0.2) is 10.9 Å². The number of aromatic amines is 1. The number of fused-ring (bicyclic) bond motifs is 1. The number of rotatable bonds is 2. The Morgan fingerprint density at radius 2 is 2.05 bits per heavy atom. The molecule has 0 saturated heterocycles. The highest BCUT2D eigenvalue weighted by atomic mass is 19.1. The van der Waals surface area contributed by atoms with Gasteiger partial charge in [-0.3, -0.25) is 9.78 Å². The van der Waals surface area contributed by atoms with Crippen LogP contribution in [0, 0.1) is 5.82 Å². The van der Waals surface area contributed by atoms with Gasteiger partial charge in [0.05, 0.1) is 11.1 Å². The smallest absolute Gasteiger partial charge is 0.408 e. The zero-order chi connectivity index (χ0) is 15.0. The number of anilines is 2. The molecule has 21 heavy (non-hydrogen) atoms. The molecule has 0 atom stereocenters. The number of benzene rings is 2. The molecule has 0 saturated carbocycles. The second kappa shape index (κ2) is 4.78. The fourth-order valence-electron chi connectivity index (χ4n) is 1.94. The molecule has 3 aromatic rings. The minimum atomic E-state index is -0.703. The number of hydrogen-bond donors (Lipinski definition) is 3. The number of carbonyl (C=O) groups excluding carboxylic acids is 1. The molecular formula is C14H10FN3O3. The van der Waals surface area contributed by atoms with Crippen molar-refractivity contribution in [2.75, 3.05) is 11.1 Å². The normalized spacial score (nSPS) is 10.7. The predicted molar refractivity (Wildman–Crippen MR) is 75.6 cm³/mol. The van der Waals surface area contributed by atoms with Crippen LogP contribution < -0.4 is 16.8 Å². The number of hydrogen-bond acceptors (Lipinski definition) is 4. The summed E-state index contributed by atoms with van der Waals surface area (Å²) in [5, 5.41) is 2.54. The number of halogens is 1. The Hall–Kier alpha value is -3.09. The molecule has 106 valence electrons. The van der Waals surface area contributed by atoms with Crippen LogP contribution in [0.1, 0.15) is 10.4 Å². The van der Waals surface area contributed by atoms with Gasteiger partial charge in [-0.05, 0) is 36.4 Å². The van der Waals surface area contributed by atoms with Crippen molar-refractivity contribution in [2.45, 2.75) is 0 Å². The van der Waals surface area contributed by atoms with E-state index in [1.807, 2.05) is 0 Å². The van der Waals surface area contributed by atoms with Crippen LogP contribution in [0.4, 0.5) is 15.8 Å². The van der Waals surface area contributed by atoms with Crippen LogP contribution in [0.3, 0.4) is 0 Å². The first kappa shape index (κ1) is 12.9. The maximum atomic E-state index is 13.7. The molecule has 6 nitrogen and oxygen atoms in total. The van der Waals surface area contributed by atoms with Gasteiger partial charge in [0.15, 0.2) is 5.58 Å². The molecule has 0 fully saturated rings. The Kier molecular flexibility index (Phi) is 2.94. The summed E-state index contributed by atoms with van der Waals surface area (Å²) in [6.07, 6.45) is 0. The topological polar surface area (TPSA) is 101 Å². The van der Waals surface area contributed by atoms with Gasteiger partial charge < -0.3 is 15.5 Å². The van der Waals surface area contributed by atoms with Crippen molar-refractivity contribution in [3.8, 4) is 0 Å². The number of oxazole rings is 1. The summed E-state index contributed by atoms with van der Waals surface area (Å²) in [6.45, 7) is 0. The van der Waals surface area contributed by atoms with E-state index in [0.717, 1.165) is 6.07 Å². The van der Waals surface area contributed by atoms with E-state index >= 15 is 0 Å². The van der Waals surface area contributed by atoms with Gasteiger partial charge in [-0.1, -0.05) is 0 Å². The van der Waals surface area contributed by atoms with Gasteiger partial charge in [0.25, 0.3) is 5.91 Å². The molecule has 0 aliphatic rings. The molecule has 1 aromatic heterocycles. The van der Waals surface area contributed by atoms with Crippen LogP contribution in [0.2, 0.25) is 0 Å². The number of H-pyrrole nitrogens is 1. The summed E-state index contributed by atoms with van der Waals surface area (Å²) in [7, 11) is 0. The molecule has 3 rings (SSSR count). The lowest BCUT2D eigenvalue weighted by Gasteiger charge is -2.06. The summed E-state index contributed by atoms with van der Waals surface area (Å²) >= 11 is 0. The quantitative estimate of drug-likeness (QED) is 0.628. The van der Waals surface area contributed by atoms with Gasteiger partial charge in [0.2, 0.25) is 0 Å². The highest BCUT2D eigenvalue weighted by Crippen LogP contribution is 2.18. The standard InChI is InChI=1S/C14H10FN3O3/c15-10-5-7(16)1-3-9(10)13(19)17-8-2-4-12-11(6-8)18-14(20)21-12/h1-6H,16H2,(H,17,19)(H,18,20). The third-order valence-corrected chi connectivity index (χ3v) is 2.91. The van der Waals surface area contributed by atoms with E-state index in [1.54, 1.807) is 6.07 Å². The molecule has 0 aliphatic heterocycles. The second-order valence-electron chi connectivity index (χ2n) is 4.42. The van der Waals surface area contributed by atoms with Crippen LogP contribution >= 0.6 is 0 Å². The Balaban J connectivity index is 1.90. The number of nitrogens with one attached hydrogen (secondary N) is 2. The molecule has 1 heterocycles. The van der Waals surface area contributed by atoms with Crippen molar-refractivity contribution in [1.82, 2.24) is 4.98 Å². The van der Waals surface area contributed by atoms with Crippen LogP contribution in [0.25, 0.3) is 11.1 Å². The van der Waals surface area contributed by atoms with Crippen molar-refractivity contribution >= 4 is 28.4 Å². The van der Waals surface area contributed by atoms with Gasteiger partial charge in [-0.2, -0.15) is 0 Å². The van der Waals surface area contributed by atoms with E-state index in [0.29, 0.717) is 16.8 Å². The first-order valence-corrected chi connectivity index (χ1v) is 6.02. The molecule has 4 N–H and O–H groups in total. The molecule has 0 aliphatic carbocycles. The minimum absolute atomic E-state index is 0.120. The number of nitrogens with two attached hydrogens (primary N) is 1. The Bertz CT molecular complexity index is 898. The lowest BCUT2D eigenvalue weighted by molar-refractivity contribution is 0.102. The first-order valence-electron chi connectivity index (χ1n) is 6.02. The number of aromatic nitrogens is 1. The number of amides is 1. The number of nitrogen functional groups attached to an aromatic ring is 1. The van der Waals surface area contributed by atoms with Crippen molar-refractivity contribution in [1.29, 1.82) is 0 Å². The molecule has 0 spiro atoms. The third kappa shape index (κ3) is 2.48. The van der Waals surface area contributed by atoms with Crippen LogP contribution in [-0.2, 0) is 0 Å². The third-order valence-electron chi connectivity index (χ3n) is 2.91. The predicted octanol–water partition coefficient (Wildman–Crippen LogP) is 2.09. The minimum Gasteiger partial charge on any atom is -0.408 e. The summed E-state index contributed by atoms with van der Waals surface area (Å²) in [5.41, 5.74) is 6.76. The Morgan fingerprint density at radius 3 is 2.81 bits per heavy atom. The largest absolute Gasteiger partial charge is 0.417 e. The summed E-state index contributed by atoms with van der Waals surface area (Å²) in [5.74, 6) is -1.90. The van der Waals surface area contributed by atoms with Crippen molar-refractivity contribution in [2.24, 2.45) is 0 Å². The molecule has 2 aromatic carbocycles. The number of carbonyl (C=O) groups is 1. The van der Waals surface area contributed by atoms with Gasteiger partial charge in [-0.25, -0.2) is 9.18 Å². The summed E-state index contributed by atoms with van der Waals surface area (Å²) in [4.78, 5) is 25.5. The SMILES string of the molecule is Nc1ccc(C(=O)Nc2ccc3oc(=O)[nH]c3c2)c(F)c1. The molecule has 0 radical (unpaired) electrons. The van der Waals surface area contributed by atoms with E-state index in [4.69, 9.17) is 10.2 Å². The zero-order valence-corrected chi connectivity index (χ0v) is 10.6. The zero-order valence-electron chi connectivity index (χ0n) is 10.6. The maximum Gasteiger partial charge on any atom is 0.417 e. The monoisotopic (exact) mass is 287 g/mol. The fraction of sp³-hybridized carbons (Fsp3) is 0. The molecule has 0 unspecified atom stereocenters. The summed E-state index contributed by atoms with van der Waals surface area (Å²) in [6, 6.07) is 8.42. The lowest BCUT2D eigenvalue weighted by atomic mass is 10.1. The molecular weight excluding hydrogens is 277 g/mol. The van der Waals surface area contributed by atoms with E-state index in [1.165, 1.54) is 24.3 Å². The first-order chi connectivity index (χ1) is 10.0. The van der Waals surface area contributed by atoms with Gasteiger partial charge in [0.1, 0.15) is 5.82 Å². The van der Waals surface area contributed by atoms with E-state index in [2.05, 4.69) is 10.3 Å². The highest BCUT2D eigenvalue weighted by Gasteiger charge is 2.12. The van der Waals surface area contributed by atoms with Gasteiger partial charge in [0, 0.05) is 11.4 Å². The molecule has 0 bridgehead atoms. The average molecular weight is 287 g/mol. The lowest BCUT2D eigenvalue weighted by Crippen LogP contribution is -2.13. The second-order valence-corrected chi connectivity index (χ2v) is 4.42. The summed E-state index contributed by atoms with van der Waals surface area (Å²) < 4.78 is 18.5. The Morgan fingerprint density at radius 1 is 1.24 bits per heavy atom. The Labute approximate surface area is 117 Å². The maximum absolute atomic E-state index is 13.7. The molecule has 7 heteroatoms.